The molecule has 0 amide bonds. The Morgan fingerprint density at radius 3 is 2.71 bits per heavy atom. The van der Waals surface area contributed by atoms with Crippen LogP contribution in [0.4, 0.5) is 0 Å². The molecule has 1 N–H and O–H groups in total. The van der Waals surface area contributed by atoms with E-state index in [1.54, 1.807) is 6.20 Å². The molecule has 5 nitrogen and oxygen atoms in total. The van der Waals surface area contributed by atoms with Gasteiger partial charge in [-0.3, -0.25) is 10.3 Å². The molecule has 0 aliphatic rings. The van der Waals surface area contributed by atoms with E-state index in [1.807, 2.05) is 56.3 Å². The number of halogens is 1. The summed E-state index contributed by atoms with van der Waals surface area (Å²) in [5.41, 5.74) is 1.95. The van der Waals surface area contributed by atoms with Crippen molar-refractivity contribution >= 4 is 11.6 Å². The highest BCUT2D eigenvalue weighted by Crippen LogP contribution is 2.23. The van der Waals surface area contributed by atoms with E-state index in [9.17, 15) is 0 Å². The summed E-state index contributed by atoms with van der Waals surface area (Å²) < 4.78 is 5.25. The predicted octanol–water partition coefficient (Wildman–Crippen LogP) is 4.12. The molecule has 0 bridgehead atoms. The lowest BCUT2D eigenvalue weighted by molar-refractivity contribution is 0.359. The third-order valence-corrected chi connectivity index (χ3v) is 3.84. The first kappa shape index (κ1) is 16.6. The van der Waals surface area contributed by atoms with Gasteiger partial charge in [-0.25, -0.2) is 0 Å². The van der Waals surface area contributed by atoms with Crippen LogP contribution in [-0.4, -0.2) is 15.1 Å². The summed E-state index contributed by atoms with van der Waals surface area (Å²) in [6.07, 6.45) is 1.78. The molecular formula is C18H19ClN4O. The van der Waals surface area contributed by atoms with Crippen molar-refractivity contribution in [2.75, 3.05) is 0 Å². The third-order valence-electron chi connectivity index (χ3n) is 3.61. The fraction of sp³-hybridized carbons (Fsp3) is 0.278. The lowest BCUT2D eigenvalue weighted by atomic mass is 10.0. The highest BCUT2D eigenvalue weighted by atomic mass is 35.5. The van der Waals surface area contributed by atoms with Crippen molar-refractivity contribution in [2.24, 2.45) is 0 Å². The minimum Gasteiger partial charge on any atom is -0.339 e. The molecule has 2 aromatic heterocycles. The van der Waals surface area contributed by atoms with E-state index in [2.05, 4.69) is 20.4 Å². The van der Waals surface area contributed by atoms with Crippen LogP contribution in [0.25, 0.3) is 0 Å². The van der Waals surface area contributed by atoms with Gasteiger partial charge in [0, 0.05) is 17.1 Å². The molecule has 0 fully saturated rings. The van der Waals surface area contributed by atoms with Crippen LogP contribution in [0.2, 0.25) is 5.02 Å². The average molecular weight is 343 g/mol. The molecule has 3 rings (SSSR count). The number of benzene rings is 1. The second kappa shape index (κ2) is 7.55. The molecule has 0 aliphatic heterocycles. The van der Waals surface area contributed by atoms with Gasteiger partial charge in [0.1, 0.15) is 0 Å². The maximum Gasteiger partial charge on any atom is 0.229 e. The highest BCUT2D eigenvalue weighted by Gasteiger charge is 2.17. The minimum absolute atomic E-state index is 0.106. The van der Waals surface area contributed by atoms with Gasteiger partial charge < -0.3 is 4.52 Å². The first-order chi connectivity index (χ1) is 11.6. The van der Waals surface area contributed by atoms with Crippen molar-refractivity contribution in [1.82, 2.24) is 20.4 Å². The van der Waals surface area contributed by atoms with Crippen LogP contribution in [0.1, 0.15) is 48.8 Å². The summed E-state index contributed by atoms with van der Waals surface area (Å²) in [6.45, 7) is 4.52. The van der Waals surface area contributed by atoms with Crippen LogP contribution in [0.15, 0.2) is 53.2 Å². The van der Waals surface area contributed by atoms with E-state index >= 15 is 0 Å². The molecule has 0 unspecified atom stereocenters. The van der Waals surface area contributed by atoms with Crippen molar-refractivity contribution in [3.05, 3.63) is 76.7 Å². The summed E-state index contributed by atoms with van der Waals surface area (Å²) in [5, 5.41) is 8.15. The molecular weight excluding hydrogens is 324 g/mol. The highest BCUT2D eigenvalue weighted by molar-refractivity contribution is 6.30. The largest absolute Gasteiger partial charge is 0.339 e. The molecule has 24 heavy (non-hydrogen) atoms. The van der Waals surface area contributed by atoms with Gasteiger partial charge in [-0.15, -0.1) is 0 Å². The van der Waals surface area contributed by atoms with Gasteiger partial charge in [0.05, 0.1) is 18.3 Å². The molecule has 2 heterocycles. The van der Waals surface area contributed by atoms with Crippen molar-refractivity contribution < 1.29 is 4.52 Å². The Morgan fingerprint density at radius 1 is 1.17 bits per heavy atom. The molecule has 0 spiro atoms. The Balaban J connectivity index is 1.82. The lowest BCUT2D eigenvalue weighted by Crippen LogP contribution is -2.23. The maximum atomic E-state index is 6.14. The second-order valence-corrected chi connectivity index (χ2v) is 6.26. The molecule has 6 heteroatoms. The summed E-state index contributed by atoms with van der Waals surface area (Å²) in [4.78, 5) is 8.86. The zero-order valence-corrected chi connectivity index (χ0v) is 14.4. The van der Waals surface area contributed by atoms with Gasteiger partial charge in [0.25, 0.3) is 0 Å². The van der Waals surface area contributed by atoms with Gasteiger partial charge >= 0.3 is 0 Å². The number of rotatable bonds is 6. The summed E-state index contributed by atoms with van der Waals surface area (Å²) in [6, 6.07) is 13.5. The number of aromatic nitrogens is 3. The Hall–Kier alpha value is -2.24. The van der Waals surface area contributed by atoms with Gasteiger partial charge in [-0.05, 0) is 29.8 Å². The van der Waals surface area contributed by atoms with E-state index in [-0.39, 0.29) is 12.0 Å². The number of hydrogen-bond donors (Lipinski definition) is 1. The molecule has 1 aromatic carbocycles. The van der Waals surface area contributed by atoms with E-state index in [4.69, 9.17) is 16.1 Å². The normalized spacial score (nSPS) is 12.5. The number of nitrogens with one attached hydrogen (secondary N) is 1. The summed E-state index contributed by atoms with van der Waals surface area (Å²) in [5.74, 6) is 1.48. The Morgan fingerprint density at radius 2 is 2.04 bits per heavy atom. The standard InChI is InChI=1S/C18H19ClN4O/c1-12(2)18-22-16(23-24-18)11-21-17(15-8-3-4-9-20-15)13-6-5-7-14(19)10-13/h3-10,12,17,21H,11H2,1-2H3/t17-/m0/s1. The van der Waals surface area contributed by atoms with Crippen LogP contribution in [0, 0.1) is 0 Å². The molecule has 1 atom stereocenters. The average Bonchev–Trinajstić information content (AvgIpc) is 3.05. The zero-order chi connectivity index (χ0) is 16.9. The number of hydrogen-bond acceptors (Lipinski definition) is 5. The van der Waals surface area contributed by atoms with Gasteiger partial charge in [0.2, 0.25) is 5.89 Å². The Kier molecular flexibility index (Phi) is 5.23. The van der Waals surface area contributed by atoms with Crippen molar-refractivity contribution in [3.8, 4) is 0 Å². The van der Waals surface area contributed by atoms with Crippen molar-refractivity contribution in [2.45, 2.75) is 32.4 Å². The van der Waals surface area contributed by atoms with Crippen LogP contribution < -0.4 is 5.32 Å². The van der Waals surface area contributed by atoms with Crippen LogP contribution in [-0.2, 0) is 6.54 Å². The fourth-order valence-corrected chi connectivity index (χ4v) is 2.59. The first-order valence-electron chi connectivity index (χ1n) is 7.85. The smallest absolute Gasteiger partial charge is 0.229 e. The van der Waals surface area contributed by atoms with E-state index < -0.39 is 0 Å². The SMILES string of the molecule is CC(C)c1nc(CN[C@@H](c2cccc(Cl)c2)c2ccccn2)no1. The minimum atomic E-state index is -0.106. The predicted molar refractivity (Wildman–Crippen MR) is 92.8 cm³/mol. The first-order valence-corrected chi connectivity index (χ1v) is 8.23. The molecule has 124 valence electrons. The van der Waals surface area contributed by atoms with Gasteiger partial charge in [-0.1, -0.05) is 48.8 Å². The molecule has 0 saturated carbocycles. The molecule has 0 aliphatic carbocycles. The molecule has 0 saturated heterocycles. The van der Waals surface area contributed by atoms with E-state index in [0.717, 1.165) is 11.3 Å². The van der Waals surface area contributed by atoms with Crippen molar-refractivity contribution in [1.29, 1.82) is 0 Å². The lowest BCUT2D eigenvalue weighted by Gasteiger charge is -2.18. The summed E-state index contributed by atoms with van der Waals surface area (Å²) >= 11 is 6.14. The van der Waals surface area contributed by atoms with Crippen LogP contribution >= 0.6 is 11.6 Å². The number of pyridine rings is 1. The van der Waals surface area contributed by atoms with Crippen molar-refractivity contribution in [3.63, 3.8) is 0 Å². The monoisotopic (exact) mass is 342 g/mol. The third kappa shape index (κ3) is 3.99. The Bertz CT molecular complexity index is 788. The van der Waals surface area contributed by atoms with E-state index in [0.29, 0.717) is 23.3 Å². The van der Waals surface area contributed by atoms with Gasteiger partial charge in [0.15, 0.2) is 5.82 Å². The molecule has 3 aromatic rings. The van der Waals surface area contributed by atoms with Crippen LogP contribution in [0.3, 0.4) is 0 Å². The van der Waals surface area contributed by atoms with Crippen LogP contribution in [0.5, 0.6) is 0 Å². The fourth-order valence-electron chi connectivity index (χ4n) is 2.39. The topological polar surface area (TPSA) is 63.8 Å². The maximum absolute atomic E-state index is 6.14. The van der Waals surface area contributed by atoms with E-state index in [1.165, 1.54) is 0 Å². The second-order valence-electron chi connectivity index (χ2n) is 5.83. The molecule has 0 radical (unpaired) electrons. The Labute approximate surface area is 146 Å². The summed E-state index contributed by atoms with van der Waals surface area (Å²) in [7, 11) is 0. The zero-order valence-electron chi connectivity index (χ0n) is 13.6. The quantitative estimate of drug-likeness (QED) is 0.730. The van der Waals surface area contributed by atoms with Gasteiger partial charge in [-0.2, -0.15) is 4.98 Å². The number of nitrogens with zero attached hydrogens (tertiary/aromatic N) is 3.